The van der Waals surface area contributed by atoms with Crippen molar-refractivity contribution in [3.8, 4) is 0 Å². The summed E-state index contributed by atoms with van der Waals surface area (Å²) in [5.41, 5.74) is 0.0764. The van der Waals surface area contributed by atoms with Gasteiger partial charge in [0.1, 0.15) is 6.04 Å². The molecule has 2 fully saturated rings. The molecule has 0 aromatic heterocycles. The van der Waals surface area contributed by atoms with E-state index in [4.69, 9.17) is 9.84 Å². The van der Waals surface area contributed by atoms with E-state index in [9.17, 15) is 4.79 Å². The minimum absolute atomic E-state index is 0.0764. The van der Waals surface area contributed by atoms with Gasteiger partial charge >= 0.3 is 5.97 Å². The predicted octanol–water partition coefficient (Wildman–Crippen LogP) is 1.49. The van der Waals surface area contributed by atoms with Crippen molar-refractivity contribution in [1.29, 1.82) is 0 Å². The molecule has 2 saturated heterocycles. The summed E-state index contributed by atoms with van der Waals surface area (Å²) >= 11 is 0. The lowest BCUT2D eigenvalue weighted by Crippen LogP contribution is -2.51. The van der Waals surface area contributed by atoms with E-state index < -0.39 is 5.97 Å². The highest BCUT2D eigenvalue weighted by Crippen LogP contribution is 2.35. The van der Waals surface area contributed by atoms with E-state index in [0.29, 0.717) is 0 Å². The Balaban J connectivity index is 1.88. The first-order valence-electron chi connectivity index (χ1n) is 6.24. The van der Waals surface area contributed by atoms with Gasteiger partial charge in [0.15, 0.2) is 0 Å². The molecule has 2 rings (SSSR count). The molecule has 1 atom stereocenters. The molecule has 1 unspecified atom stereocenters. The van der Waals surface area contributed by atoms with Crippen molar-refractivity contribution in [2.45, 2.75) is 50.7 Å². The van der Waals surface area contributed by atoms with Gasteiger partial charge in [0.05, 0.1) is 5.60 Å². The van der Waals surface area contributed by atoms with Gasteiger partial charge in [-0.1, -0.05) is 0 Å². The summed E-state index contributed by atoms with van der Waals surface area (Å²) < 4.78 is 5.92. The number of nitrogens with zero attached hydrogens (tertiary/aromatic N) is 1. The van der Waals surface area contributed by atoms with Crippen LogP contribution >= 0.6 is 0 Å². The third kappa shape index (κ3) is 2.38. The lowest BCUT2D eigenvalue weighted by Gasteiger charge is -2.44. The fourth-order valence-electron chi connectivity index (χ4n) is 2.78. The Labute approximate surface area is 96.6 Å². The Morgan fingerprint density at radius 1 is 1.31 bits per heavy atom. The maximum Gasteiger partial charge on any atom is 0.320 e. The van der Waals surface area contributed by atoms with E-state index in [2.05, 4.69) is 0 Å². The zero-order chi connectivity index (χ0) is 11.6. The number of aliphatic carboxylic acids is 1. The largest absolute Gasteiger partial charge is 0.480 e. The van der Waals surface area contributed by atoms with Gasteiger partial charge in [-0.3, -0.25) is 9.69 Å². The molecule has 16 heavy (non-hydrogen) atoms. The van der Waals surface area contributed by atoms with Crippen LogP contribution in [0.25, 0.3) is 0 Å². The molecule has 0 aliphatic carbocycles. The zero-order valence-electron chi connectivity index (χ0n) is 9.95. The van der Waals surface area contributed by atoms with Crippen molar-refractivity contribution in [2.75, 3.05) is 19.7 Å². The normalized spacial score (nSPS) is 27.8. The highest BCUT2D eigenvalue weighted by molar-refractivity contribution is 5.72. The fraction of sp³-hybridized carbons (Fsp3) is 0.917. The third-order valence-corrected chi connectivity index (χ3v) is 4.05. The van der Waals surface area contributed by atoms with Gasteiger partial charge < -0.3 is 9.84 Å². The number of hydrogen-bond donors (Lipinski definition) is 1. The van der Waals surface area contributed by atoms with Crippen LogP contribution in [0.2, 0.25) is 0 Å². The maximum absolute atomic E-state index is 10.9. The third-order valence-electron chi connectivity index (χ3n) is 4.05. The van der Waals surface area contributed by atoms with Gasteiger partial charge in [-0.05, 0) is 39.0 Å². The molecule has 2 aliphatic heterocycles. The average molecular weight is 227 g/mol. The fourth-order valence-corrected chi connectivity index (χ4v) is 2.78. The summed E-state index contributed by atoms with van der Waals surface area (Å²) in [4.78, 5) is 12.9. The SMILES string of the molecule is CC(C(=O)O)N1CCC2(CCCCO2)CC1. The van der Waals surface area contributed by atoms with Gasteiger partial charge in [0, 0.05) is 19.7 Å². The predicted molar refractivity (Wildman–Crippen MR) is 60.4 cm³/mol. The molecular weight excluding hydrogens is 206 g/mol. The van der Waals surface area contributed by atoms with Crippen LogP contribution in [0.3, 0.4) is 0 Å². The molecule has 0 saturated carbocycles. The van der Waals surface area contributed by atoms with Crippen molar-refractivity contribution < 1.29 is 14.6 Å². The first-order chi connectivity index (χ1) is 7.63. The van der Waals surface area contributed by atoms with Gasteiger partial charge in [0.2, 0.25) is 0 Å². The van der Waals surface area contributed by atoms with Crippen LogP contribution in [0.1, 0.15) is 39.0 Å². The van der Waals surface area contributed by atoms with Crippen molar-refractivity contribution >= 4 is 5.97 Å². The van der Waals surface area contributed by atoms with Gasteiger partial charge in [-0.15, -0.1) is 0 Å². The molecule has 4 heteroatoms. The van der Waals surface area contributed by atoms with Crippen LogP contribution in [0.4, 0.5) is 0 Å². The first kappa shape index (κ1) is 11.9. The number of piperidine rings is 1. The lowest BCUT2D eigenvalue weighted by atomic mass is 9.84. The van der Waals surface area contributed by atoms with Crippen LogP contribution in [0, 0.1) is 0 Å². The Hall–Kier alpha value is -0.610. The lowest BCUT2D eigenvalue weighted by molar-refractivity contribution is -0.148. The highest BCUT2D eigenvalue weighted by atomic mass is 16.5. The van der Waals surface area contributed by atoms with Crippen LogP contribution in [0.5, 0.6) is 0 Å². The first-order valence-corrected chi connectivity index (χ1v) is 6.24. The zero-order valence-corrected chi connectivity index (χ0v) is 9.95. The van der Waals surface area contributed by atoms with Crippen LogP contribution in [0.15, 0.2) is 0 Å². The topological polar surface area (TPSA) is 49.8 Å². The van der Waals surface area contributed by atoms with Crippen molar-refractivity contribution in [1.82, 2.24) is 4.90 Å². The molecule has 0 bridgehead atoms. The molecule has 0 amide bonds. The second kappa shape index (κ2) is 4.72. The monoisotopic (exact) mass is 227 g/mol. The van der Waals surface area contributed by atoms with E-state index in [-0.39, 0.29) is 11.6 Å². The molecule has 0 aromatic rings. The Morgan fingerprint density at radius 2 is 2.00 bits per heavy atom. The molecule has 2 heterocycles. The second-order valence-electron chi connectivity index (χ2n) is 5.04. The van der Waals surface area contributed by atoms with Gasteiger partial charge in [-0.25, -0.2) is 0 Å². The van der Waals surface area contributed by atoms with E-state index >= 15 is 0 Å². The standard InChI is InChI=1S/C12H21NO3/c1-10(11(14)15)13-7-5-12(6-8-13)4-2-3-9-16-12/h10H,2-9H2,1H3,(H,14,15). The average Bonchev–Trinajstić information content (AvgIpc) is 2.30. The summed E-state index contributed by atoms with van der Waals surface area (Å²) in [7, 11) is 0. The highest BCUT2D eigenvalue weighted by Gasteiger charge is 2.38. The van der Waals surface area contributed by atoms with Crippen LogP contribution < -0.4 is 0 Å². The van der Waals surface area contributed by atoms with E-state index in [0.717, 1.165) is 39.0 Å². The summed E-state index contributed by atoms with van der Waals surface area (Å²) in [6, 6.07) is -0.360. The maximum atomic E-state index is 10.9. The number of ether oxygens (including phenoxy) is 1. The number of likely N-dealkylation sites (tertiary alicyclic amines) is 1. The number of rotatable bonds is 2. The quantitative estimate of drug-likeness (QED) is 0.776. The van der Waals surface area contributed by atoms with Crippen molar-refractivity contribution in [3.05, 3.63) is 0 Å². The number of hydrogen-bond acceptors (Lipinski definition) is 3. The second-order valence-corrected chi connectivity index (χ2v) is 5.04. The Morgan fingerprint density at radius 3 is 2.50 bits per heavy atom. The van der Waals surface area contributed by atoms with Crippen LogP contribution in [-0.2, 0) is 9.53 Å². The smallest absolute Gasteiger partial charge is 0.320 e. The van der Waals surface area contributed by atoms with Crippen molar-refractivity contribution in [2.24, 2.45) is 0 Å². The summed E-state index contributed by atoms with van der Waals surface area (Å²) in [5, 5.41) is 8.96. The summed E-state index contributed by atoms with van der Waals surface area (Å²) in [5.74, 6) is -0.722. The van der Waals surface area contributed by atoms with Crippen LogP contribution in [-0.4, -0.2) is 47.3 Å². The summed E-state index contributed by atoms with van der Waals surface area (Å²) in [6.45, 7) is 4.36. The Kier molecular flexibility index (Phi) is 3.50. The van der Waals surface area contributed by atoms with Gasteiger partial charge in [-0.2, -0.15) is 0 Å². The molecule has 0 radical (unpaired) electrons. The molecule has 2 aliphatic rings. The van der Waals surface area contributed by atoms with E-state index in [1.165, 1.54) is 12.8 Å². The van der Waals surface area contributed by atoms with E-state index in [1.54, 1.807) is 6.92 Å². The minimum Gasteiger partial charge on any atom is -0.480 e. The van der Waals surface area contributed by atoms with Crippen molar-refractivity contribution in [3.63, 3.8) is 0 Å². The molecule has 0 aromatic carbocycles. The number of carbonyl (C=O) groups is 1. The number of carboxylic acids is 1. The number of carboxylic acid groups (broad SMARTS) is 1. The molecular formula is C12H21NO3. The Bertz CT molecular complexity index is 251. The minimum atomic E-state index is -0.722. The molecule has 1 N–H and O–H groups in total. The molecule has 92 valence electrons. The summed E-state index contributed by atoms with van der Waals surface area (Å²) in [6.07, 6.45) is 5.57. The molecule has 1 spiro atoms. The van der Waals surface area contributed by atoms with Gasteiger partial charge in [0.25, 0.3) is 0 Å². The molecule has 4 nitrogen and oxygen atoms in total. The van der Waals surface area contributed by atoms with E-state index in [1.807, 2.05) is 4.90 Å².